The highest BCUT2D eigenvalue weighted by molar-refractivity contribution is 6.34. The predicted octanol–water partition coefficient (Wildman–Crippen LogP) is 3.92. The first-order valence-electron chi connectivity index (χ1n) is 6.82. The second kappa shape index (κ2) is 7.83. The van der Waals surface area contributed by atoms with E-state index in [1.165, 1.54) is 6.08 Å². The summed E-state index contributed by atoms with van der Waals surface area (Å²) in [5, 5.41) is 13.8. The predicted molar refractivity (Wildman–Crippen MR) is 88.6 cm³/mol. The van der Waals surface area contributed by atoms with Gasteiger partial charge in [-0.25, -0.2) is 0 Å². The van der Waals surface area contributed by atoms with Gasteiger partial charge in [-0.1, -0.05) is 37.0 Å². The van der Waals surface area contributed by atoms with E-state index >= 15 is 0 Å². The van der Waals surface area contributed by atoms with Crippen molar-refractivity contribution < 1.29 is 9.90 Å². The zero-order valence-corrected chi connectivity index (χ0v) is 14.0. The number of carbonyl (C=O) groups is 1. The number of nitrogens with one attached hydrogen (secondary N) is 1. The minimum absolute atomic E-state index is 0.213. The Morgan fingerprint density at radius 3 is 2.43 bits per heavy atom. The lowest BCUT2D eigenvalue weighted by molar-refractivity contribution is -0.117. The second-order valence-corrected chi connectivity index (χ2v) is 6.72. The molecule has 0 saturated carbocycles. The summed E-state index contributed by atoms with van der Waals surface area (Å²) in [4.78, 5) is 11.7. The Labute approximate surface area is 136 Å². The van der Waals surface area contributed by atoms with Crippen LogP contribution < -0.4 is 5.32 Å². The first-order chi connectivity index (χ1) is 9.68. The summed E-state index contributed by atoms with van der Waals surface area (Å²) in [6.07, 6.45) is 3.65. The molecule has 1 aromatic rings. The summed E-state index contributed by atoms with van der Waals surface area (Å²) in [6, 6.07) is 5.06. The molecule has 1 atom stereocenters. The van der Waals surface area contributed by atoms with E-state index < -0.39 is 5.60 Å². The quantitative estimate of drug-likeness (QED) is 0.777. The van der Waals surface area contributed by atoms with Gasteiger partial charge < -0.3 is 10.4 Å². The molecule has 1 amide bonds. The van der Waals surface area contributed by atoms with E-state index in [4.69, 9.17) is 23.2 Å². The Morgan fingerprint density at radius 1 is 1.33 bits per heavy atom. The minimum Gasteiger partial charge on any atom is -0.388 e. The molecule has 0 spiro atoms. The lowest BCUT2D eigenvalue weighted by Gasteiger charge is -2.25. The molecule has 0 aromatic heterocycles. The lowest BCUT2D eigenvalue weighted by atomic mass is 9.94. The van der Waals surface area contributed by atoms with Gasteiger partial charge in [-0.15, -0.1) is 0 Å². The van der Waals surface area contributed by atoms with E-state index in [1.807, 2.05) is 13.8 Å². The van der Waals surface area contributed by atoms with E-state index in [0.717, 1.165) is 5.56 Å². The zero-order valence-electron chi connectivity index (χ0n) is 12.5. The van der Waals surface area contributed by atoms with Crippen molar-refractivity contribution in [2.45, 2.75) is 32.8 Å². The fourth-order valence-electron chi connectivity index (χ4n) is 2.13. The van der Waals surface area contributed by atoms with Gasteiger partial charge in [-0.2, -0.15) is 0 Å². The maximum Gasteiger partial charge on any atom is 0.244 e. The average Bonchev–Trinajstić information content (AvgIpc) is 2.31. The Hall–Kier alpha value is -1.03. The van der Waals surface area contributed by atoms with E-state index in [1.54, 1.807) is 31.2 Å². The number of aliphatic hydroxyl groups is 1. The van der Waals surface area contributed by atoms with Crippen LogP contribution in [0.4, 0.5) is 0 Å². The van der Waals surface area contributed by atoms with Crippen LogP contribution in [0.3, 0.4) is 0 Å². The summed E-state index contributed by atoms with van der Waals surface area (Å²) in [5.74, 6) is 0.0937. The Morgan fingerprint density at radius 2 is 1.90 bits per heavy atom. The first-order valence-corrected chi connectivity index (χ1v) is 7.58. The van der Waals surface area contributed by atoms with Crippen molar-refractivity contribution in [1.82, 2.24) is 5.32 Å². The normalized spacial score (nSPS) is 14.4. The Balaban J connectivity index is 2.55. The molecule has 5 heteroatoms. The molecule has 0 fully saturated rings. The van der Waals surface area contributed by atoms with Gasteiger partial charge in [0.15, 0.2) is 0 Å². The standard InChI is InChI=1S/C16H21Cl2NO2/c1-11(2)9-16(3,21)10-19-15(20)5-4-12-6-13(17)8-14(18)7-12/h4-8,11,21H,9-10H2,1-3H3,(H,19,20). The van der Waals surface area contributed by atoms with Crippen LogP contribution in [-0.4, -0.2) is 23.2 Å². The maximum absolute atomic E-state index is 11.7. The third-order valence-corrected chi connectivity index (χ3v) is 3.24. The van der Waals surface area contributed by atoms with Crippen LogP contribution in [0.1, 0.15) is 32.8 Å². The van der Waals surface area contributed by atoms with Crippen molar-refractivity contribution in [1.29, 1.82) is 0 Å². The average molecular weight is 330 g/mol. The van der Waals surface area contributed by atoms with Crippen LogP contribution in [0.5, 0.6) is 0 Å². The number of halogens is 2. The van der Waals surface area contributed by atoms with Gasteiger partial charge in [0.05, 0.1) is 5.60 Å². The minimum atomic E-state index is -0.906. The topological polar surface area (TPSA) is 49.3 Å². The first kappa shape index (κ1) is 18.0. The fraction of sp³-hybridized carbons (Fsp3) is 0.438. The van der Waals surface area contributed by atoms with E-state index in [9.17, 15) is 9.90 Å². The molecule has 0 aliphatic heterocycles. The smallest absolute Gasteiger partial charge is 0.244 e. The van der Waals surface area contributed by atoms with Crippen molar-refractivity contribution in [2.24, 2.45) is 5.92 Å². The highest BCUT2D eigenvalue weighted by Gasteiger charge is 2.21. The number of hydrogen-bond donors (Lipinski definition) is 2. The van der Waals surface area contributed by atoms with Gasteiger partial charge in [0.25, 0.3) is 0 Å². The van der Waals surface area contributed by atoms with Crippen LogP contribution in [-0.2, 0) is 4.79 Å². The van der Waals surface area contributed by atoms with Crippen LogP contribution >= 0.6 is 23.2 Å². The van der Waals surface area contributed by atoms with Crippen molar-refractivity contribution in [3.05, 3.63) is 39.9 Å². The van der Waals surface area contributed by atoms with Gasteiger partial charge in [-0.05, 0) is 49.1 Å². The van der Waals surface area contributed by atoms with Gasteiger partial charge >= 0.3 is 0 Å². The van der Waals surface area contributed by atoms with E-state index in [-0.39, 0.29) is 12.5 Å². The highest BCUT2D eigenvalue weighted by atomic mass is 35.5. The summed E-state index contributed by atoms with van der Waals surface area (Å²) in [7, 11) is 0. The lowest BCUT2D eigenvalue weighted by Crippen LogP contribution is -2.40. The van der Waals surface area contributed by atoms with Crippen molar-refractivity contribution in [3.8, 4) is 0 Å². The third-order valence-electron chi connectivity index (χ3n) is 2.80. The van der Waals surface area contributed by atoms with Gasteiger partial charge in [-0.3, -0.25) is 4.79 Å². The Bertz CT molecular complexity index is 505. The molecule has 0 saturated heterocycles. The summed E-state index contributed by atoms with van der Waals surface area (Å²) >= 11 is 11.8. The van der Waals surface area contributed by atoms with Gasteiger partial charge in [0.2, 0.25) is 5.91 Å². The van der Waals surface area contributed by atoms with Crippen LogP contribution in [0.15, 0.2) is 24.3 Å². The van der Waals surface area contributed by atoms with Crippen molar-refractivity contribution in [2.75, 3.05) is 6.54 Å². The Kier molecular flexibility index (Phi) is 6.72. The summed E-state index contributed by atoms with van der Waals surface area (Å²) in [6.45, 7) is 5.98. The molecule has 1 aromatic carbocycles. The molecule has 116 valence electrons. The van der Waals surface area contributed by atoms with Crippen LogP contribution in [0.25, 0.3) is 6.08 Å². The molecule has 0 aliphatic carbocycles. The van der Waals surface area contributed by atoms with Gasteiger partial charge in [0, 0.05) is 22.7 Å². The zero-order chi connectivity index (χ0) is 16.0. The molecule has 0 aliphatic rings. The van der Waals surface area contributed by atoms with Crippen LogP contribution in [0.2, 0.25) is 10.0 Å². The molecular formula is C16H21Cl2NO2. The molecule has 1 rings (SSSR count). The molecule has 0 radical (unpaired) electrons. The second-order valence-electron chi connectivity index (χ2n) is 5.85. The fourth-order valence-corrected chi connectivity index (χ4v) is 2.67. The van der Waals surface area contributed by atoms with Crippen LogP contribution in [0, 0.1) is 5.92 Å². The molecule has 0 bridgehead atoms. The third kappa shape index (κ3) is 7.51. The number of benzene rings is 1. The number of rotatable bonds is 6. The van der Waals surface area contributed by atoms with Gasteiger partial charge in [0.1, 0.15) is 0 Å². The number of amides is 1. The molecular weight excluding hydrogens is 309 g/mol. The number of hydrogen-bond acceptors (Lipinski definition) is 2. The molecule has 0 heterocycles. The number of carbonyl (C=O) groups excluding carboxylic acids is 1. The SMILES string of the molecule is CC(C)CC(C)(O)CNC(=O)C=Cc1cc(Cl)cc(Cl)c1. The summed E-state index contributed by atoms with van der Waals surface area (Å²) in [5.41, 5.74) is -0.159. The molecule has 21 heavy (non-hydrogen) atoms. The monoisotopic (exact) mass is 329 g/mol. The van der Waals surface area contributed by atoms with Crippen molar-refractivity contribution >= 4 is 35.2 Å². The highest BCUT2D eigenvalue weighted by Crippen LogP contribution is 2.20. The van der Waals surface area contributed by atoms with E-state index in [2.05, 4.69) is 5.32 Å². The maximum atomic E-state index is 11.7. The van der Waals surface area contributed by atoms with Crippen molar-refractivity contribution in [3.63, 3.8) is 0 Å². The summed E-state index contributed by atoms with van der Waals surface area (Å²) < 4.78 is 0. The largest absolute Gasteiger partial charge is 0.388 e. The molecule has 3 nitrogen and oxygen atoms in total. The molecule has 2 N–H and O–H groups in total. The van der Waals surface area contributed by atoms with E-state index in [0.29, 0.717) is 22.4 Å². The molecule has 1 unspecified atom stereocenters.